The van der Waals surface area contributed by atoms with Gasteiger partial charge >= 0.3 is 0 Å². The molecular weight excluding hydrogens is 248 g/mol. The molecule has 0 radical (unpaired) electrons. The van der Waals surface area contributed by atoms with Crippen LogP contribution in [0.2, 0.25) is 0 Å². The van der Waals surface area contributed by atoms with E-state index in [4.69, 9.17) is 18.0 Å². The number of hydrogen-bond donors (Lipinski definition) is 2. The second kappa shape index (κ2) is 5.77. The van der Waals surface area contributed by atoms with E-state index in [1.54, 1.807) is 14.1 Å². The lowest BCUT2D eigenvalue weighted by molar-refractivity contribution is -0.126. The maximum atomic E-state index is 11.5. The summed E-state index contributed by atoms with van der Waals surface area (Å²) in [6.45, 7) is 3.97. The Morgan fingerprint density at radius 3 is 2.61 bits per heavy atom. The van der Waals surface area contributed by atoms with Gasteiger partial charge in [-0.3, -0.25) is 4.79 Å². The van der Waals surface area contributed by atoms with Gasteiger partial charge in [-0.25, -0.2) is 4.98 Å². The quantitative estimate of drug-likeness (QED) is 0.790. The molecule has 0 fully saturated rings. The number of amides is 1. The zero-order valence-corrected chi connectivity index (χ0v) is 11.9. The third-order valence-corrected chi connectivity index (χ3v) is 2.70. The molecule has 98 valence electrons. The fraction of sp³-hybridized carbons (Fsp3) is 0.417. The Morgan fingerprint density at radius 2 is 2.11 bits per heavy atom. The maximum Gasteiger partial charge on any atom is 0.241 e. The first-order valence-electron chi connectivity index (χ1n) is 5.55. The second-order valence-electron chi connectivity index (χ2n) is 4.31. The van der Waals surface area contributed by atoms with Crippen LogP contribution in [0, 0.1) is 13.8 Å². The molecule has 0 atom stereocenters. The van der Waals surface area contributed by atoms with Crippen LogP contribution in [0.3, 0.4) is 0 Å². The Balaban J connectivity index is 3.00. The maximum absolute atomic E-state index is 11.5. The number of likely N-dealkylation sites (N-methyl/N-ethyl adjacent to an activating group) is 1. The highest BCUT2D eigenvalue weighted by molar-refractivity contribution is 7.80. The summed E-state index contributed by atoms with van der Waals surface area (Å²) in [5.41, 5.74) is 8.19. The molecule has 0 aliphatic rings. The number of nitrogens with one attached hydrogen (secondary N) is 1. The molecule has 1 aromatic rings. The fourth-order valence-corrected chi connectivity index (χ4v) is 1.85. The Hall–Kier alpha value is -1.69. The Labute approximate surface area is 112 Å². The van der Waals surface area contributed by atoms with Crippen molar-refractivity contribution in [2.75, 3.05) is 26.0 Å². The Kier molecular flexibility index (Phi) is 4.61. The van der Waals surface area contributed by atoms with Crippen LogP contribution in [-0.2, 0) is 4.79 Å². The SMILES string of the molecule is Cc1cc(C)c(C(N)=S)c(NCC(=O)N(C)C)n1. The highest BCUT2D eigenvalue weighted by Crippen LogP contribution is 2.18. The van der Waals surface area contributed by atoms with E-state index in [1.165, 1.54) is 4.90 Å². The van der Waals surface area contributed by atoms with Crippen LogP contribution in [0.25, 0.3) is 0 Å². The number of carbonyl (C=O) groups is 1. The lowest BCUT2D eigenvalue weighted by Gasteiger charge is -2.15. The van der Waals surface area contributed by atoms with E-state index < -0.39 is 0 Å². The number of carbonyl (C=O) groups excluding carboxylic acids is 1. The van der Waals surface area contributed by atoms with E-state index >= 15 is 0 Å². The number of aromatic nitrogens is 1. The van der Waals surface area contributed by atoms with Gasteiger partial charge in [-0.2, -0.15) is 0 Å². The van der Waals surface area contributed by atoms with Gasteiger partial charge in [-0.15, -0.1) is 0 Å². The standard InChI is InChI=1S/C12H18N4OS/c1-7-5-8(2)15-12(10(7)11(13)18)14-6-9(17)16(3)4/h5H,6H2,1-4H3,(H2,13,18)(H,14,15). The van der Waals surface area contributed by atoms with Crippen molar-refractivity contribution in [3.8, 4) is 0 Å². The van der Waals surface area contributed by atoms with E-state index in [-0.39, 0.29) is 17.4 Å². The number of nitrogens with two attached hydrogens (primary N) is 1. The number of rotatable bonds is 4. The van der Waals surface area contributed by atoms with Gasteiger partial charge < -0.3 is 16.0 Å². The van der Waals surface area contributed by atoms with Gasteiger partial charge in [0.25, 0.3) is 0 Å². The lowest BCUT2D eigenvalue weighted by atomic mass is 10.1. The number of nitrogens with zero attached hydrogens (tertiary/aromatic N) is 2. The Bertz CT molecular complexity index is 485. The molecular formula is C12H18N4OS. The number of hydrogen-bond acceptors (Lipinski definition) is 4. The minimum atomic E-state index is -0.0372. The molecule has 0 aliphatic heterocycles. The van der Waals surface area contributed by atoms with Crippen LogP contribution in [-0.4, -0.2) is 41.4 Å². The molecule has 6 heteroatoms. The van der Waals surface area contributed by atoms with Gasteiger partial charge in [0.2, 0.25) is 5.91 Å². The number of anilines is 1. The van der Waals surface area contributed by atoms with Gasteiger partial charge in [0.1, 0.15) is 10.8 Å². The molecule has 5 nitrogen and oxygen atoms in total. The molecule has 1 rings (SSSR count). The number of thiocarbonyl (C=S) groups is 1. The molecule has 0 bridgehead atoms. The molecule has 0 aromatic carbocycles. The van der Waals surface area contributed by atoms with Crippen molar-refractivity contribution in [3.05, 3.63) is 22.9 Å². The first-order valence-corrected chi connectivity index (χ1v) is 5.95. The predicted molar refractivity (Wildman–Crippen MR) is 76.8 cm³/mol. The first-order chi connectivity index (χ1) is 8.32. The van der Waals surface area contributed by atoms with Gasteiger partial charge in [0, 0.05) is 19.8 Å². The molecule has 0 aliphatic carbocycles. The zero-order chi connectivity index (χ0) is 13.9. The molecule has 0 spiro atoms. The summed E-state index contributed by atoms with van der Waals surface area (Å²) < 4.78 is 0. The molecule has 1 amide bonds. The zero-order valence-electron chi connectivity index (χ0n) is 11.1. The topological polar surface area (TPSA) is 71.2 Å². The van der Waals surface area contributed by atoms with Crippen molar-refractivity contribution in [2.45, 2.75) is 13.8 Å². The summed E-state index contributed by atoms with van der Waals surface area (Å²) in [7, 11) is 3.40. The minimum Gasteiger partial charge on any atom is -0.389 e. The van der Waals surface area contributed by atoms with Crippen LogP contribution in [0.15, 0.2) is 6.07 Å². The molecule has 0 saturated heterocycles. The van der Waals surface area contributed by atoms with Crippen molar-refractivity contribution in [1.29, 1.82) is 0 Å². The summed E-state index contributed by atoms with van der Waals surface area (Å²) in [4.78, 5) is 17.7. The molecule has 1 aromatic heterocycles. The van der Waals surface area contributed by atoms with Crippen molar-refractivity contribution < 1.29 is 4.79 Å². The predicted octanol–water partition coefficient (Wildman–Crippen LogP) is 0.833. The summed E-state index contributed by atoms with van der Waals surface area (Å²) in [6.07, 6.45) is 0. The second-order valence-corrected chi connectivity index (χ2v) is 4.75. The average molecular weight is 266 g/mol. The smallest absolute Gasteiger partial charge is 0.241 e. The van der Waals surface area contributed by atoms with E-state index in [0.717, 1.165) is 11.3 Å². The highest BCUT2D eigenvalue weighted by atomic mass is 32.1. The molecule has 0 unspecified atom stereocenters. The summed E-state index contributed by atoms with van der Waals surface area (Å²) in [6, 6.07) is 1.91. The van der Waals surface area contributed by atoms with E-state index in [1.807, 2.05) is 19.9 Å². The number of pyridine rings is 1. The van der Waals surface area contributed by atoms with Crippen molar-refractivity contribution >= 4 is 28.9 Å². The van der Waals surface area contributed by atoms with E-state index in [0.29, 0.717) is 11.4 Å². The average Bonchev–Trinajstić information content (AvgIpc) is 2.23. The third kappa shape index (κ3) is 3.40. The largest absolute Gasteiger partial charge is 0.389 e. The number of aryl methyl sites for hydroxylation is 2. The minimum absolute atomic E-state index is 0.0372. The van der Waals surface area contributed by atoms with Crippen LogP contribution < -0.4 is 11.1 Å². The summed E-state index contributed by atoms with van der Waals surface area (Å²) in [5, 5.41) is 2.99. The van der Waals surface area contributed by atoms with Crippen LogP contribution in [0.1, 0.15) is 16.8 Å². The monoisotopic (exact) mass is 266 g/mol. The van der Waals surface area contributed by atoms with Crippen LogP contribution in [0.4, 0.5) is 5.82 Å². The van der Waals surface area contributed by atoms with E-state index in [9.17, 15) is 4.79 Å². The van der Waals surface area contributed by atoms with Gasteiger partial charge in [-0.05, 0) is 25.5 Å². The Morgan fingerprint density at radius 1 is 1.50 bits per heavy atom. The third-order valence-electron chi connectivity index (χ3n) is 2.50. The van der Waals surface area contributed by atoms with Gasteiger partial charge in [-0.1, -0.05) is 12.2 Å². The normalized spacial score (nSPS) is 10.0. The van der Waals surface area contributed by atoms with Crippen molar-refractivity contribution in [3.63, 3.8) is 0 Å². The molecule has 0 saturated carbocycles. The van der Waals surface area contributed by atoms with Crippen molar-refractivity contribution in [2.24, 2.45) is 5.73 Å². The summed E-state index contributed by atoms with van der Waals surface area (Å²) in [5.74, 6) is 0.528. The first kappa shape index (κ1) is 14.4. The molecule has 3 N–H and O–H groups in total. The summed E-state index contributed by atoms with van der Waals surface area (Å²) >= 11 is 5.01. The fourth-order valence-electron chi connectivity index (χ4n) is 1.59. The van der Waals surface area contributed by atoms with Gasteiger partial charge in [0.15, 0.2) is 0 Å². The van der Waals surface area contributed by atoms with Crippen LogP contribution >= 0.6 is 12.2 Å². The highest BCUT2D eigenvalue weighted by Gasteiger charge is 2.12. The lowest BCUT2D eigenvalue weighted by Crippen LogP contribution is -2.29. The van der Waals surface area contributed by atoms with Crippen LogP contribution in [0.5, 0.6) is 0 Å². The van der Waals surface area contributed by atoms with E-state index in [2.05, 4.69) is 10.3 Å². The molecule has 18 heavy (non-hydrogen) atoms. The molecule has 1 heterocycles. The van der Waals surface area contributed by atoms with Crippen molar-refractivity contribution in [1.82, 2.24) is 9.88 Å². The van der Waals surface area contributed by atoms with Gasteiger partial charge in [0.05, 0.1) is 12.1 Å².